The Hall–Kier alpha value is -0.850. The lowest BCUT2D eigenvalue weighted by atomic mass is 10.3. The summed E-state index contributed by atoms with van der Waals surface area (Å²) < 4.78 is 48.3. The molecule has 0 radical (unpaired) electrons. The van der Waals surface area contributed by atoms with Crippen LogP contribution in [0.1, 0.15) is 13.8 Å². The summed E-state index contributed by atoms with van der Waals surface area (Å²) in [4.78, 5) is 12.6. The molecule has 0 atom stereocenters. The molecule has 0 rings (SSSR count). The van der Waals surface area contributed by atoms with Gasteiger partial charge in [0, 0.05) is 13.1 Å². The van der Waals surface area contributed by atoms with E-state index in [2.05, 4.69) is 0 Å². The largest absolute Gasteiger partial charge is 0.342 e. The van der Waals surface area contributed by atoms with E-state index in [-0.39, 0.29) is 12.6 Å². The van der Waals surface area contributed by atoms with E-state index in [1.807, 2.05) is 5.32 Å². The van der Waals surface area contributed by atoms with E-state index in [0.717, 1.165) is 0 Å². The van der Waals surface area contributed by atoms with Crippen LogP contribution in [-0.2, 0) is 4.79 Å². The second kappa shape index (κ2) is 6.03. The third-order valence-corrected chi connectivity index (χ3v) is 2.12. The van der Waals surface area contributed by atoms with Crippen LogP contribution in [0, 0.1) is 0 Å². The van der Waals surface area contributed by atoms with Crippen LogP contribution in [0.5, 0.6) is 0 Å². The van der Waals surface area contributed by atoms with E-state index in [1.54, 1.807) is 13.8 Å². The van der Waals surface area contributed by atoms with Gasteiger partial charge in [-0.15, -0.1) is 0 Å². The van der Waals surface area contributed by atoms with Gasteiger partial charge in [0.2, 0.25) is 5.91 Å². The molecule has 0 aliphatic heterocycles. The molecule has 0 saturated carbocycles. The van der Waals surface area contributed by atoms with Crippen molar-refractivity contribution in [3.63, 3.8) is 0 Å². The Kier molecular flexibility index (Phi) is 5.71. The number of nitrogens with zero attached hydrogens (tertiary/aromatic N) is 1. The predicted molar refractivity (Wildman–Crippen MR) is 51.7 cm³/mol. The maximum Gasteiger partial charge on any atom is 0.319 e. The number of likely N-dealkylation sites (N-methyl/N-ethyl adjacent to an activating group) is 1. The SMILES string of the molecule is CC(C)N(C)C(=O)CNCC(F)(F)C(F)F. The Balaban J connectivity index is 3.96. The van der Waals surface area contributed by atoms with Crippen molar-refractivity contribution in [1.82, 2.24) is 10.2 Å². The zero-order chi connectivity index (χ0) is 12.9. The second-order valence-electron chi connectivity index (χ2n) is 3.76. The first-order valence-corrected chi connectivity index (χ1v) is 4.81. The molecule has 0 heterocycles. The van der Waals surface area contributed by atoms with Crippen molar-refractivity contribution in [1.29, 1.82) is 0 Å². The highest BCUT2D eigenvalue weighted by atomic mass is 19.3. The third kappa shape index (κ3) is 4.78. The minimum absolute atomic E-state index is 0.0649. The fourth-order valence-corrected chi connectivity index (χ4v) is 0.826. The molecule has 7 heteroatoms. The molecule has 1 amide bonds. The first kappa shape index (κ1) is 15.2. The third-order valence-electron chi connectivity index (χ3n) is 2.12. The summed E-state index contributed by atoms with van der Waals surface area (Å²) in [6, 6.07) is -0.0649. The fraction of sp³-hybridized carbons (Fsp3) is 0.889. The first-order valence-electron chi connectivity index (χ1n) is 4.81. The topological polar surface area (TPSA) is 32.3 Å². The Bertz CT molecular complexity index is 234. The van der Waals surface area contributed by atoms with Gasteiger partial charge in [-0.1, -0.05) is 0 Å². The summed E-state index contributed by atoms with van der Waals surface area (Å²) in [6.07, 6.45) is -3.72. The normalized spacial score (nSPS) is 12.3. The number of amides is 1. The zero-order valence-electron chi connectivity index (χ0n) is 9.44. The summed E-state index contributed by atoms with van der Waals surface area (Å²) >= 11 is 0. The van der Waals surface area contributed by atoms with Crippen LogP contribution in [0.4, 0.5) is 17.6 Å². The van der Waals surface area contributed by atoms with Gasteiger partial charge in [0.25, 0.3) is 0 Å². The maximum absolute atomic E-state index is 12.4. The van der Waals surface area contributed by atoms with Crippen LogP contribution in [0.3, 0.4) is 0 Å². The lowest BCUT2D eigenvalue weighted by Gasteiger charge is -2.22. The van der Waals surface area contributed by atoms with E-state index in [4.69, 9.17) is 0 Å². The van der Waals surface area contributed by atoms with Crippen LogP contribution in [0.2, 0.25) is 0 Å². The summed E-state index contributed by atoms with van der Waals surface area (Å²) in [5.74, 6) is -4.52. The zero-order valence-corrected chi connectivity index (χ0v) is 9.44. The lowest BCUT2D eigenvalue weighted by Crippen LogP contribution is -2.44. The second-order valence-corrected chi connectivity index (χ2v) is 3.76. The molecule has 0 aromatic carbocycles. The van der Waals surface area contributed by atoms with Crippen molar-refractivity contribution < 1.29 is 22.4 Å². The van der Waals surface area contributed by atoms with Crippen molar-refractivity contribution in [2.75, 3.05) is 20.1 Å². The van der Waals surface area contributed by atoms with Crippen molar-refractivity contribution in [3.8, 4) is 0 Å². The number of carbonyl (C=O) groups is 1. The molecule has 1 N–H and O–H groups in total. The van der Waals surface area contributed by atoms with E-state index in [0.29, 0.717) is 0 Å². The van der Waals surface area contributed by atoms with Crippen LogP contribution < -0.4 is 5.32 Å². The molecule has 0 aromatic heterocycles. The smallest absolute Gasteiger partial charge is 0.319 e. The molecule has 3 nitrogen and oxygen atoms in total. The Morgan fingerprint density at radius 3 is 2.25 bits per heavy atom. The van der Waals surface area contributed by atoms with E-state index in [1.165, 1.54) is 11.9 Å². The molecule has 96 valence electrons. The molecule has 0 fully saturated rings. The van der Waals surface area contributed by atoms with Gasteiger partial charge in [0.1, 0.15) is 0 Å². The van der Waals surface area contributed by atoms with Gasteiger partial charge < -0.3 is 10.2 Å². The number of carbonyl (C=O) groups excluding carboxylic acids is 1. The molecule has 0 aromatic rings. The molecule has 0 saturated heterocycles. The number of halogens is 4. The lowest BCUT2D eigenvalue weighted by molar-refractivity contribution is -0.134. The molecular weight excluding hydrogens is 228 g/mol. The van der Waals surface area contributed by atoms with E-state index < -0.39 is 24.8 Å². The number of rotatable bonds is 6. The number of nitrogens with one attached hydrogen (secondary N) is 1. The first-order chi connectivity index (χ1) is 7.18. The van der Waals surface area contributed by atoms with Crippen molar-refractivity contribution in [3.05, 3.63) is 0 Å². The highest BCUT2D eigenvalue weighted by Gasteiger charge is 2.40. The summed E-state index contributed by atoms with van der Waals surface area (Å²) in [7, 11) is 1.51. The van der Waals surface area contributed by atoms with Crippen molar-refractivity contribution >= 4 is 5.91 Å². The Morgan fingerprint density at radius 2 is 1.88 bits per heavy atom. The Labute approximate surface area is 91.8 Å². The summed E-state index contributed by atoms with van der Waals surface area (Å²) in [6.45, 7) is 1.93. The van der Waals surface area contributed by atoms with Crippen molar-refractivity contribution in [2.45, 2.75) is 32.2 Å². The maximum atomic E-state index is 12.4. The van der Waals surface area contributed by atoms with Gasteiger partial charge in [0.15, 0.2) is 0 Å². The van der Waals surface area contributed by atoms with Gasteiger partial charge in [-0.3, -0.25) is 4.79 Å². The minimum atomic E-state index is -4.10. The van der Waals surface area contributed by atoms with Gasteiger partial charge >= 0.3 is 12.3 Å². The highest BCUT2D eigenvalue weighted by molar-refractivity contribution is 5.78. The monoisotopic (exact) mass is 244 g/mol. The number of hydrogen-bond acceptors (Lipinski definition) is 2. The highest BCUT2D eigenvalue weighted by Crippen LogP contribution is 2.21. The quantitative estimate of drug-likeness (QED) is 0.715. The average Bonchev–Trinajstić information content (AvgIpc) is 2.15. The van der Waals surface area contributed by atoms with E-state index in [9.17, 15) is 22.4 Å². The minimum Gasteiger partial charge on any atom is -0.342 e. The van der Waals surface area contributed by atoms with Gasteiger partial charge in [-0.2, -0.15) is 8.78 Å². The average molecular weight is 244 g/mol. The molecule has 0 unspecified atom stereocenters. The molecule has 0 aliphatic carbocycles. The molecule has 0 spiro atoms. The Morgan fingerprint density at radius 1 is 1.38 bits per heavy atom. The summed E-state index contributed by atoms with van der Waals surface area (Å²) in [5.41, 5.74) is 0. The molecule has 0 aliphatic rings. The van der Waals surface area contributed by atoms with Gasteiger partial charge in [-0.25, -0.2) is 8.78 Å². The van der Waals surface area contributed by atoms with Crippen molar-refractivity contribution in [2.24, 2.45) is 0 Å². The van der Waals surface area contributed by atoms with Gasteiger partial charge in [-0.05, 0) is 13.8 Å². The number of hydrogen-bond donors (Lipinski definition) is 1. The molecule has 0 bridgehead atoms. The van der Waals surface area contributed by atoms with Crippen LogP contribution in [0.25, 0.3) is 0 Å². The predicted octanol–water partition coefficient (Wildman–Crippen LogP) is 1.34. The van der Waals surface area contributed by atoms with Crippen LogP contribution in [0.15, 0.2) is 0 Å². The fourth-order valence-electron chi connectivity index (χ4n) is 0.826. The molecule has 16 heavy (non-hydrogen) atoms. The van der Waals surface area contributed by atoms with Gasteiger partial charge in [0.05, 0.1) is 13.1 Å². The van der Waals surface area contributed by atoms with E-state index >= 15 is 0 Å². The molecular formula is C9H16F4N2O. The summed E-state index contributed by atoms with van der Waals surface area (Å²) in [5, 5.41) is 2.02. The standard InChI is InChI=1S/C9H16F4N2O/c1-6(2)15(3)7(16)4-14-5-9(12,13)8(10)11/h6,8,14H,4-5H2,1-3H3. The van der Waals surface area contributed by atoms with Crippen LogP contribution in [-0.4, -0.2) is 49.3 Å². The van der Waals surface area contributed by atoms with Crippen LogP contribution >= 0.6 is 0 Å². The number of alkyl halides is 4.